The molecule has 0 bridgehead atoms. The first-order valence-electron chi connectivity index (χ1n) is 12.9. The van der Waals surface area contributed by atoms with Crippen LogP contribution in [0.3, 0.4) is 0 Å². The summed E-state index contributed by atoms with van der Waals surface area (Å²) in [6.45, 7) is 6.07. The number of amides is 3. The third kappa shape index (κ3) is 7.22. The second-order valence-electron chi connectivity index (χ2n) is 10.5. The van der Waals surface area contributed by atoms with Crippen molar-refractivity contribution in [2.24, 2.45) is 17.4 Å². The minimum Gasteiger partial charge on any atom is -0.376 e. The predicted octanol–water partition coefficient (Wildman–Crippen LogP) is -2.62. The number of likely N-dealkylation sites (tertiary alicyclic amines) is 3. The SMILES string of the molecule is CNCC(=O)N1C[C@H](OCC(C)C)C[C@H]1C(=O)N1C[C@H](NC(=N)N)C[C@H]1C(=O)N1CC[C@@H](NC(=N)N)C1. The molecular weight excluding hydrogens is 480 g/mol. The minimum absolute atomic E-state index is 0.0931. The van der Waals surface area contributed by atoms with Crippen molar-refractivity contribution in [3.63, 3.8) is 0 Å². The number of carbonyl (C=O) groups excluding carboxylic acids is 3. The molecular formula is C23H42N10O4. The van der Waals surface area contributed by atoms with Crippen LogP contribution in [-0.4, -0.2) is 121 Å². The fourth-order valence-electron chi connectivity index (χ4n) is 5.35. The highest BCUT2D eigenvalue weighted by molar-refractivity contribution is 5.94. The van der Waals surface area contributed by atoms with E-state index in [-0.39, 0.29) is 60.9 Å². The maximum Gasteiger partial charge on any atom is 0.246 e. The topological polar surface area (TPSA) is 206 Å². The zero-order valence-corrected chi connectivity index (χ0v) is 22.0. The lowest BCUT2D eigenvalue weighted by molar-refractivity contribution is -0.148. The van der Waals surface area contributed by atoms with Gasteiger partial charge in [0.25, 0.3) is 0 Å². The van der Waals surface area contributed by atoms with Gasteiger partial charge in [-0.1, -0.05) is 13.8 Å². The Hall–Kier alpha value is -3.13. The van der Waals surface area contributed by atoms with E-state index >= 15 is 0 Å². The van der Waals surface area contributed by atoms with E-state index in [0.29, 0.717) is 51.4 Å². The molecule has 3 rings (SSSR count). The standard InChI is InChI=1S/C23H42N10O4/c1-13(2)12-37-16-7-18(32(11-16)19(34)8-28-3)21(36)33-10-15(30-23(26)27)6-17(33)20(35)31-5-4-14(9-31)29-22(24)25/h13-18,28H,4-12H2,1-3H3,(H4,24,25,29)(H4,26,27,30)/t14-,15-,16-,17+,18+/m1/s1. The first-order chi connectivity index (χ1) is 17.5. The Bertz CT molecular complexity index is 884. The normalized spacial score (nSPS) is 27.6. The van der Waals surface area contributed by atoms with E-state index in [9.17, 15) is 14.4 Å². The minimum atomic E-state index is -0.752. The first kappa shape index (κ1) is 28.4. The summed E-state index contributed by atoms with van der Waals surface area (Å²) in [6.07, 6.45) is 1.04. The van der Waals surface area contributed by atoms with Crippen molar-refractivity contribution in [1.82, 2.24) is 30.7 Å². The molecule has 0 radical (unpaired) electrons. The molecule has 14 heteroatoms. The molecule has 0 aromatic carbocycles. The first-order valence-corrected chi connectivity index (χ1v) is 12.9. The summed E-state index contributed by atoms with van der Waals surface area (Å²) in [7, 11) is 1.68. The number of ether oxygens (including phenoxy) is 1. The summed E-state index contributed by atoms with van der Waals surface area (Å²) in [6, 6.07) is -1.98. The van der Waals surface area contributed by atoms with Crippen LogP contribution in [0.4, 0.5) is 0 Å². The van der Waals surface area contributed by atoms with Crippen LogP contribution in [-0.2, 0) is 19.1 Å². The van der Waals surface area contributed by atoms with E-state index in [4.69, 9.17) is 27.0 Å². The van der Waals surface area contributed by atoms with Crippen LogP contribution in [0.2, 0.25) is 0 Å². The van der Waals surface area contributed by atoms with Crippen LogP contribution in [0.15, 0.2) is 0 Å². The van der Waals surface area contributed by atoms with Crippen LogP contribution in [0.5, 0.6) is 0 Å². The van der Waals surface area contributed by atoms with E-state index in [1.807, 2.05) is 13.8 Å². The zero-order valence-electron chi connectivity index (χ0n) is 22.0. The fraction of sp³-hybridized carbons (Fsp3) is 0.783. The van der Waals surface area contributed by atoms with Gasteiger partial charge in [0.1, 0.15) is 12.1 Å². The third-order valence-corrected chi connectivity index (χ3v) is 6.95. The molecule has 0 aromatic rings. The molecule has 0 saturated carbocycles. The third-order valence-electron chi connectivity index (χ3n) is 6.95. The summed E-state index contributed by atoms with van der Waals surface area (Å²) in [5, 5.41) is 23.6. The van der Waals surface area contributed by atoms with Crippen molar-refractivity contribution >= 4 is 29.6 Å². The number of nitrogens with two attached hydrogens (primary N) is 2. The van der Waals surface area contributed by atoms with Gasteiger partial charge in [0.2, 0.25) is 17.7 Å². The number of hydrogen-bond acceptors (Lipinski definition) is 7. The largest absolute Gasteiger partial charge is 0.376 e. The van der Waals surface area contributed by atoms with Gasteiger partial charge in [-0.15, -0.1) is 0 Å². The highest BCUT2D eigenvalue weighted by atomic mass is 16.5. The molecule has 3 aliphatic rings. The van der Waals surface area contributed by atoms with Crippen molar-refractivity contribution in [1.29, 1.82) is 10.8 Å². The molecule has 0 aromatic heterocycles. The van der Waals surface area contributed by atoms with Crippen LogP contribution in [0.1, 0.15) is 33.1 Å². The molecule has 0 spiro atoms. The number of guanidine groups is 2. The molecule has 3 amide bonds. The molecule has 3 aliphatic heterocycles. The summed E-state index contributed by atoms with van der Waals surface area (Å²) in [5.74, 6) is -0.765. The quantitative estimate of drug-likeness (QED) is 0.125. The lowest BCUT2D eigenvalue weighted by atomic mass is 10.1. The van der Waals surface area contributed by atoms with E-state index in [1.165, 1.54) is 4.90 Å². The van der Waals surface area contributed by atoms with Gasteiger partial charge in [-0.3, -0.25) is 25.2 Å². The van der Waals surface area contributed by atoms with Gasteiger partial charge in [0.15, 0.2) is 11.9 Å². The monoisotopic (exact) mass is 522 g/mol. The maximum atomic E-state index is 13.9. The van der Waals surface area contributed by atoms with Gasteiger partial charge in [0, 0.05) is 51.3 Å². The Kier molecular flexibility index (Phi) is 9.54. The highest BCUT2D eigenvalue weighted by Gasteiger charge is 2.48. The van der Waals surface area contributed by atoms with Crippen LogP contribution >= 0.6 is 0 Å². The molecule has 37 heavy (non-hydrogen) atoms. The molecule has 14 nitrogen and oxygen atoms in total. The van der Waals surface area contributed by atoms with Gasteiger partial charge in [-0.05, 0) is 25.8 Å². The average Bonchev–Trinajstić information content (AvgIpc) is 3.54. The Labute approximate surface area is 217 Å². The van der Waals surface area contributed by atoms with Crippen LogP contribution < -0.4 is 27.4 Å². The average molecular weight is 523 g/mol. The maximum absolute atomic E-state index is 13.9. The predicted molar refractivity (Wildman–Crippen MR) is 138 cm³/mol. The Morgan fingerprint density at radius 1 is 0.946 bits per heavy atom. The van der Waals surface area contributed by atoms with Crippen molar-refractivity contribution < 1.29 is 19.1 Å². The molecule has 9 N–H and O–H groups in total. The van der Waals surface area contributed by atoms with Crippen molar-refractivity contribution in [3.8, 4) is 0 Å². The lowest BCUT2D eigenvalue weighted by Crippen LogP contribution is -2.54. The number of carbonyl (C=O) groups is 3. The van der Waals surface area contributed by atoms with E-state index < -0.39 is 12.1 Å². The number of hydrogen-bond donors (Lipinski definition) is 7. The second-order valence-corrected chi connectivity index (χ2v) is 10.5. The van der Waals surface area contributed by atoms with Crippen LogP contribution in [0, 0.1) is 16.7 Å². The second kappa shape index (κ2) is 12.4. The number of likely N-dealkylation sites (N-methyl/N-ethyl adjacent to an activating group) is 1. The molecule has 0 unspecified atom stereocenters. The smallest absolute Gasteiger partial charge is 0.246 e. The highest BCUT2D eigenvalue weighted by Crippen LogP contribution is 2.28. The van der Waals surface area contributed by atoms with E-state index in [1.54, 1.807) is 16.8 Å². The van der Waals surface area contributed by atoms with Gasteiger partial charge in [-0.25, -0.2) is 0 Å². The van der Waals surface area contributed by atoms with Gasteiger partial charge >= 0.3 is 0 Å². The summed E-state index contributed by atoms with van der Waals surface area (Å²) < 4.78 is 5.99. The summed E-state index contributed by atoms with van der Waals surface area (Å²) in [4.78, 5) is 45.2. The zero-order chi connectivity index (χ0) is 27.3. The summed E-state index contributed by atoms with van der Waals surface area (Å²) in [5.41, 5.74) is 11.0. The number of nitrogens with zero attached hydrogens (tertiary/aromatic N) is 3. The van der Waals surface area contributed by atoms with Crippen molar-refractivity contribution in [2.75, 3.05) is 46.4 Å². The molecule has 208 valence electrons. The molecule has 3 heterocycles. The van der Waals surface area contributed by atoms with Crippen molar-refractivity contribution in [2.45, 2.75) is 63.4 Å². The lowest BCUT2D eigenvalue weighted by Gasteiger charge is -2.32. The van der Waals surface area contributed by atoms with Gasteiger partial charge < -0.3 is 46.9 Å². The Balaban J connectivity index is 1.79. The van der Waals surface area contributed by atoms with Crippen LogP contribution in [0.25, 0.3) is 0 Å². The molecule has 5 atom stereocenters. The fourth-order valence-corrected chi connectivity index (χ4v) is 5.35. The van der Waals surface area contributed by atoms with Crippen molar-refractivity contribution in [3.05, 3.63) is 0 Å². The summed E-state index contributed by atoms with van der Waals surface area (Å²) >= 11 is 0. The van der Waals surface area contributed by atoms with E-state index in [2.05, 4.69) is 16.0 Å². The molecule has 3 fully saturated rings. The number of rotatable bonds is 9. The van der Waals surface area contributed by atoms with Gasteiger partial charge in [0.05, 0.1) is 12.6 Å². The molecule has 0 aliphatic carbocycles. The van der Waals surface area contributed by atoms with Gasteiger partial charge in [-0.2, -0.15) is 0 Å². The molecule has 3 saturated heterocycles. The number of nitrogens with one attached hydrogen (secondary N) is 5. The Morgan fingerprint density at radius 2 is 1.59 bits per heavy atom. The van der Waals surface area contributed by atoms with E-state index in [0.717, 1.165) is 0 Å². The Morgan fingerprint density at radius 3 is 2.22 bits per heavy atom.